The van der Waals surface area contributed by atoms with E-state index in [1.807, 2.05) is 50.2 Å². The average molecular weight is 365 g/mol. The second-order valence-electron chi connectivity index (χ2n) is 6.49. The quantitative estimate of drug-likeness (QED) is 0.531. The van der Waals surface area contributed by atoms with E-state index < -0.39 is 10.0 Å². The molecular formula is C21H19NO3S. The highest BCUT2D eigenvalue weighted by Gasteiger charge is 2.23. The predicted molar refractivity (Wildman–Crippen MR) is 104 cm³/mol. The number of aryl methyl sites for hydroxylation is 2. The summed E-state index contributed by atoms with van der Waals surface area (Å²) in [5.41, 5.74) is 3.41. The fourth-order valence-corrected chi connectivity index (χ4v) is 4.81. The van der Waals surface area contributed by atoms with Gasteiger partial charge in [-0.05, 0) is 56.3 Å². The third kappa shape index (κ3) is 2.47. The van der Waals surface area contributed by atoms with Crippen molar-refractivity contribution in [1.29, 1.82) is 0 Å². The van der Waals surface area contributed by atoms with Crippen molar-refractivity contribution in [2.75, 3.05) is 7.11 Å². The highest BCUT2D eigenvalue weighted by molar-refractivity contribution is 7.90. The molecule has 26 heavy (non-hydrogen) atoms. The average Bonchev–Trinajstić information content (AvgIpc) is 2.95. The highest BCUT2D eigenvalue weighted by atomic mass is 32.2. The Morgan fingerprint density at radius 3 is 2.00 bits per heavy atom. The standard InChI is InChI=1S/C21H19NO3S/c1-14-4-8-17(9-5-14)26(23,24)22-20-10-6-15(2)12-18(20)19-13-16(25-3)7-11-21(19)22/h4-13H,1-3H3. The lowest BCUT2D eigenvalue weighted by Crippen LogP contribution is -2.12. The smallest absolute Gasteiger partial charge is 0.268 e. The number of rotatable bonds is 3. The van der Waals surface area contributed by atoms with Crippen LogP contribution in [0.2, 0.25) is 0 Å². The van der Waals surface area contributed by atoms with E-state index in [4.69, 9.17) is 4.74 Å². The second-order valence-corrected chi connectivity index (χ2v) is 8.27. The Labute approximate surface area is 152 Å². The van der Waals surface area contributed by atoms with Crippen LogP contribution in [0.3, 0.4) is 0 Å². The van der Waals surface area contributed by atoms with Gasteiger partial charge in [0, 0.05) is 10.8 Å². The van der Waals surface area contributed by atoms with Crippen molar-refractivity contribution in [3.8, 4) is 5.75 Å². The van der Waals surface area contributed by atoms with Gasteiger partial charge >= 0.3 is 0 Å². The first-order chi connectivity index (χ1) is 12.4. The Balaban J connectivity index is 2.12. The van der Waals surface area contributed by atoms with Gasteiger partial charge in [0.05, 0.1) is 23.0 Å². The van der Waals surface area contributed by atoms with Gasteiger partial charge in [-0.1, -0.05) is 29.3 Å². The molecule has 0 saturated carbocycles. The number of hydrogen-bond donors (Lipinski definition) is 0. The normalized spacial score (nSPS) is 12.0. The molecule has 0 fully saturated rings. The molecule has 0 radical (unpaired) electrons. The highest BCUT2D eigenvalue weighted by Crippen LogP contribution is 2.35. The molecule has 4 nitrogen and oxygen atoms in total. The van der Waals surface area contributed by atoms with Gasteiger partial charge in [-0.2, -0.15) is 0 Å². The SMILES string of the molecule is COc1ccc2c(c1)c1cc(C)ccc1n2S(=O)(=O)c1ccc(C)cc1. The van der Waals surface area contributed by atoms with E-state index in [1.54, 1.807) is 31.4 Å². The number of ether oxygens (including phenoxy) is 1. The minimum atomic E-state index is -3.72. The number of hydrogen-bond acceptors (Lipinski definition) is 3. The molecule has 4 rings (SSSR count). The van der Waals surface area contributed by atoms with Gasteiger partial charge < -0.3 is 4.74 Å². The van der Waals surface area contributed by atoms with Crippen molar-refractivity contribution >= 4 is 31.8 Å². The zero-order valence-electron chi connectivity index (χ0n) is 14.9. The van der Waals surface area contributed by atoms with Crippen molar-refractivity contribution in [3.05, 3.63) is 71.8 Å². The summed E-state index contributed by atoms with van der Waals surface area (Å²) >= 11 is 0. The van der Waals surface area contributed by atoms with Crippen LogP contribution in [0.4, 0.5) is 0 Å². The van der Waals surface area contributed by atoms with E-state index in [-0.39, 0.29) is 4.90 Å². The summed E-state index contributed by atoms with van der Waals surface area (Å²) in [6, 6.07) is 18.2. The molecule has 0 aliphatic rings. The van der Waals surface area contributed by atoms with Crippen molar-refractivity contribution in [2.45, 2.75) is 18.7 Å². The number of benzene rings is 3. The Bertz CT molecular complexity index is 1240. The molecule has 0 aliphatic carbocycles. The fraction of sp³-hybridized carbons (Fsp3) is 0.143. The van der Waals surface area contributed by atoms with Gasteiger partial charge in [0.1, 0.15) is 5.75 Å². The summed E-state index contributed by atoms with van der Waals surface area (Å²) in [7, 11) is -2.12. The van der Waals surface area contributed by atoms with Crippen LogP contribution < -0.4 is 4.74 Å². The predicted octanol–water partition coefficient (Wildman–Crippen LogP) is 4.66. The molecule has 0 N–H and O–H groups in total. The minimum Gasteiger partial charge on any atom is -0.497 e. The van der Waals surface area contributed by atoms with Gasteiger partial charge in [0.15, 0.2) is 0 Å². The first-order valence-electron chi connectivity index (χ1n) is 8.33. The molecule has 1 aromatic heterocycles. The molecule has 0 saturated heterocycles. The Kier molecular flexibility index (Phi) is 3.77. The summed E-state index contributed by atoms with van der Waals surface area (Å²) in [5.74, 6) is 0.700. The van der Waals surface area contributed by atoms with E-state index in [1.165, 1.54) is 3.97 Å². The van der Waals surface area contributed by atoms with Crippen LogP contribution >= 0.6 is 0 Å². The largest absolute Gasteiger partial charge is 0.497 e. The van der Waals surface area contributed by atoms with Crippen LogP contribution in [0.15, 0.2) is 65.6 Å². The maximum Gasteiger partial charge on any atom is 0.268 e. The van der Waals surface area contributed by atoms with Crippen LogP contribution in [-0.2, 0) is 10.0 Å². The maximum absolute atomic E-state index is 13.4. The van der Waals surface area contributed by atoms with Crippen LogP contribution in [-0.4, -0.2) is 19.5 Å². The summed E-state index contributed by atoms with van der Waals surface area (Å²) in [6.07, 6.45) is 0. The van der Waals surface area contributed by atoms with Gasteiger partial charge in [0.25, 0.3) is 10.0 Å². The molecule has 5 heteroatoms. The van der Waals surface area contributed by atoms with Crippen LogP contribution in [0.1, 0.15) is 11.1 Å². The topological polar surface area (TPSA) is 48.3 Å². The minimum absolute atomic E-state index is 0.276. The molecule has 0 bridgehead atoms. The molecule has 0 aliphatic heterocycles. The number of methoxy groups -OCH3 is 1. The third-order valence-corrected chi connectivity index (χ3v) is 6.38. The van der Waals surface area contributed by atoms with E-state index in [2.05, 4.69) is 0 Å². The molecule has 0 amide bonds. The van der Waals surface area contributed by atoms with Crippen molar-refractivity contribution in [2.24, 2.45) is 0 Å². The fourth-order valence-electron chi connectivity index (χ4n) is 3.28. The summed E-state index contributed by atoms with van der Waals surface area (Å²) in [4.78, 5) is 0.276. The first kappa shape index (κ1) is 16.7. The van der Waals surface area contributed by atoms with Crippen LogP contribution in [0.25, 0.3) is 21.8 Å². The zero-order chi connectivity index (χ0) is 18.5. The van der Waals surface area contributed by atoms with Crippen molar-refractivity contribution in [1.82, 2.24) is 3.97 Å². The molecule has 132 valence electrons. The number of fused-ring (bicyclic) bond motifs is 3. The lowest BCUT2D eigenvalue weighted by Gasteiger charge is -2.10. The molecule has 3 aromatic carbocycles. The van der Waals surface area contributed by atoms with Gasteiger partial charge in [-0.15, -0.1) is 0 Å². The van der Waals surface area contributed by atoms with Crippen LogP contribution in [0, 0.1) is 13.8 Å². The lowest BCUT2D eigenvalue weighted by molar-refractivity contribution is 0.415. The van der Waals surface area contributed by atoms with Gasteiger partial charge in [-0.3, -0.25) is 0 Å². The van der Waals surface area contributed by atoms with E-state index >= 15 is 0 Å². The van der Waals surface area contributed by atoms with Crippen molar-refractivity contribution < 1.29 is 13.2 Å². The molecule has 0 atom stereocenters. The second kappa shape index (κ2) is 5.88. The summed E-state index contributed by atoms with van der Waals surface area (Å²) < 4.78 is 33.6. The van der Waals surface area contributed by atoms with Gasteiger partial charge in [0.2, 0.25) is 0 Å². The van der Waals surface area contributed by atoms with E-state index in [0.717, 1.165) is 21.9 Å². The van der Waals surface area contributed by atoms with Crippen LogP contribution in [0.5, 0.6) is 5.75 Å². The van der Waals surface area contributed by atoms with E-state index in [9.17, 15) is 8.42 Å². The van der Waals surface area contributed by atoms with Crippen molar-refractivity contribution in [3.63, 3.8) is 0 Å². The summed E-state index contributed by atoms with van der Waals surface area (Å²) in [5, 5.41) is 1.76. The third-order valence-electron chi connectivity index (χ3n) is 4.64. The number of nitrogens with zero attached hydrogens (tertiary/aromatic N) is 1. The molecular weight excluding hydrogens is 346 g/mol. The molecule has 0 spiro atoms. The Morgan fingerprint density at radius 1 is 0.769 bits per heavy atom. The number of aromatic nitrogens is 1. The Hall–Kier alpha value is -2.79. The lowest BCUT2D eigenvalue weighted by atomic mass is 10.1. The molecule has 1 heterocycles. The first-order valence-corrected chi connectivity index (χ1v) is 9.77. The zero-order valence-corrected chi connectivity index (χ0v) is 15.7. The van der Waals surface area contributed by atoms with E-state index in [0.29, 0.717) is 16.8 Å². The Morgan fingerprint density at radius 2 is 1.35 bits per heavy atom. The molecule has 0 unspecified atom stereocenters. The van der Waals surface area contributed by atoms with Gasteiger partial charge in [-0.25, -0.2) is 12.4 Å². The maximum atomic E-state index is 13.4. The molecule has 4 aromatic rings. The monoisotopic (exact) mass is 365 g/mol. The summed E-state index contributed by atoms with van der Waals surface area (Å²) in [6.45, 7) is 3.93.